The summed E-state index contributed by atoms with van der Waals surface area (Å²) in [4.78, 5) is 33.2. The van der Waals surface area contributed by atoms with Gasteiger partial charge in [-0.2, -0.15) is 0 Å². The second-order valence-corrected chi connectivity index (χ2v) is 20.3. The van der Waals surface area contributed by atoms with E-state index in [4.69, 9.17) is 65.4 Å². The molecule has 4 aromatic rings. The zero-order valence-electron chi connectivity index (χ0n) is 40.1. The normalized spacial score (nSPS) is 20.2. The van der Waals surface area contributed by atoms with Crippen molar-refractivity contribution in [3.8, 4) is 23.0 Å². The quantitative estimate of drug-likeness (QED) is 0.0999. The molecule has 0 aliphatic carbocycles. The smallest absolute Gasteiger partial charge is 0.239 e. The van der Waals surface area contributed by atoms with Gasteiger partial charge in [0.1, 0.15) is 19.4 Å². The monoisotopic (exact) mass is 1010 g/mol. The lowest BCUT2D eigenvalue weighted by atomic mass is 9.78. The van der Waals surface area contributed by atoms with Gasteiger partial charge in [-0.15, -0.1) is 6.58 Å². The van der Waals surface area contributed by atoms with Crippen LogP contribution < -0.4 is 29.2 Å². The molecule has 11 nitrogen and oxygen atoms in total. The highest BCUT2D eigenvalue weighted by atomic mass is 35.5. The topological polar surface area (TPSA) is 113 Å². The molecule has 15 heteroatoms. The number of piperidine rings is 2. The number of aliphatic hydroxyl groups excluding tert-OH is 1. The summed E-state index contributed by atoms with van der Waals surface area (Å²) in [5.41, 5.74) is 0.865. The minimum Gasteiger partial charge on any atom is -0.493 e. The van der Waals surface area contributed by atoms with Crippen LogP contribution in [0.25, 0.3) is 0 Å². The predicted molar refractivity (Wildman–Crippen MR) is 276 cm³/mol. The number of nitrogens with zero attached hydrogens (tertiary/aromatic N) is 3. The molecule has 368 valence electrons. The molecular weight excluding hydrogens is 946 g/mol. The first-order valence-electron chi connectivity index (χ1n) is 23.4. The van der Waals surface area contributed by atoms with Crippen LogP contribution in [0.4, 0.5) is 11.4 Å². The number of benzene rings is 4. The number of allylic oxidation sites excluding steroid dienone is 1. The van der Waals surface area contributed by atoms with Crippen LogP contribution in [0.1, 0.15) is 77.3 Å². The van der Waals surface area contributed by atoms with Gasteiger partial charge in [0.15, 0.2) is 23.0 Å². The molecule has 0 aromatic heterocycles. The van der Waals surface area contributed by atoms with E-state index in [1.54, 1.807) is 87.0 Å². The number of aliphatic hydroxyl groups is 1. The molecule has 0 spiro atoms. The number of rotatable bonds is 17. The fourth-order valence-corrected chi connectivity index (χ4v) is 9.59. The molecule has 3 aliphatic rings. The molecule has 7 rings (SSSR count). The van der Waals surface area contributed by atoms with E-state index in [2.05, 4.69) is 35.5 Å². The Balaban J connectivity index is 0.000000224. The van der Waals surface area contributed by atoms with Crippen LogP contribution in [0, 0.1) is 11.8 Å². The van der Waals surface area contributed by atoms with Gasteiger partial charge in [0, 0.05) is 37.3 Å². The number of methoxy groups -OCH3 is 2. The van der Waals surface area contributed by atoms with Crippen molar-refractivity contribution < 1.29 is 33.6 Å². The van der Waals surface area contributed by atoms with Crippen LogP contribution in [0.15, 0.2) is 85.5 Å². The molecule has 0 bridgehead atoms. The van der Waals surface area contributed by atoms with Gasteiger partial charge in [-0.3, -0.25) is 24.3 Å². The summed E-state index contributed by atoms with van der Waals surface area (Å²) in [6.45, 7) is 19.3. The maximum Gasteiger partial charge on any atom is 0.239 e. The van der Waals surface area contributed by atoms with Crippen molar-refractivity contribution in [1.29, 1.82) is 0 Å². The minimum absolute atomic E-state index is 0.177. The molecule has 3 atom stereocenters. The Kier molecular flexibility index (Phi) is 18.8. The van der Waals surface area contributed by atoms with Gasteiger partial charge in [0.05, 0.1) is 50.8 Å². The van der Waals surface area contributed by atoms with Gasteiger partial charge in [-0.05, 0) is 144 Å². The number of hydrogen-bond donors (Lipinski definition) is 2. The van der Waals surface area contributed by atoms with Crippen LogP contribution >= 0.6 is 46.4 Å². The molecular formula is C53H66Cl4N4O7. The van der Waals surface area contributed by atoms with Crippen LogP contribution in [-0.2, 0) is 20.4 Å². The van der Waals surface area contributed by atoms with E-state index in [0.717, 1.165) is 56.7 Å². The second-order valence-electron chi connectivity index (χ2n) is 18.7. The summed E-state index contributed by atoms with van der Waals surface area (Å²) in [6, 6.07) is 21.1. The maximum atomic E-state index is 13.6. The van der Waals surface area contributed by atoms with Crippen molar-refractivity contribution in [3.05, 3.63) is 117 Å². The van der Waals surface area contributed by atoms with Gasteiger partial charge in [0.2, 0.25) is 11.8 Å². The Morgan fingerprint density at radius 2 is 1.29 bits per heavy atom. The predicted octanol–water partition coefficient (Wildman–Crippen LogP) is 11.7. The highest BCUT2D eigenvalue weighted by molar-refractivity contribution is 6.42. The first-order chi connectivity index (χ1) is 32.5. The summed E-state index contributed by atoms with van der Waals surface area (Å²) < 4.78 is 23.1. The van der Waals surface area contributed by atoms with Crippen molar-refractivity contribution in [2.75, 3.05) is 76.9 Å². The number of hydrogen-bond acceptors (Lipinski definition) is 9. The molecule has 68 heavy (non-hydrogen) atoms. The standard InChI is InChI=1S/C27H34Cl2N2O3.C26H32Cl2N2O4/c1-5-12-27(3,20-6-8-22(28)23(29)17-20)26(32)30-21-7-9-24(33-4)25(18-21)34-16-15-31-13-10-19(2)11-14-31;1-17-8-10-29(11-9-17)12-13-34-23-15-19(5-7-22(23)33-3)30-24(31)16-26(2,25(30)32)18-4-6-20(27)21(28)14-18/h5-9,17-19H,1,10-16H2,2-4H3,(H,30,32);4-7,14-15,17,24,31H,8-13,16H2,1-3H3. The second kappa shape index (κ2) is 24.1. The van der Waals surface area contributed by atoms with E-state index in [1.807, 2.05) is 19.9 Å². The highest BCUT2D eigenvalue weighted by Crippen LogP contribution is 2.44. The van der Waals surface area contributed by atoms with Crippen molar-refractivity contribution in [3.63, 3.8) is 0 Å². The average molecular weight is 1010 g/mol. The molecule has 3 saturated heterocycles. The fourth-order valence-electron chi connectivity index (χ4n) is 8.99. The first-order valence-corrected chi connectivity index (χ1v) is 24.9. The summed E-state index contributed by atoms with van der Waals surface area (Å²) in [7, 11) is 3.20. The third-order valence-corrected chi connectivity index (χ3v) is 15.2. The van der Waals surface area contributed by atoms with Gasteiger partial charge >= 0.3 is 0 Å². The van der Waals surface area contributed by atoms with Crippen molar-refractivity contribution in [2.24, 2.45) is 11.8 Å². The Morgan fingerprint density at radius 1 is 0.765 bits per heavy atom. The van der Waals surface area contributed by atoms with Gasteiger partial charge < -0.3 is 29.4 Å². The van der Waals surface area contributed by atoms with Gasteiger partial charge in [-0.25, -0.2) is 0 Å². The van der Waals surface area contributed by atoms with Crippen molar-refractivity contribution in [1.82, 2.24) is 9.80 Å². The average Bonchev–Trinajstić information content (AvgIpc) is 3.56. The van der Waals surface area contributed by atoms with Crippen LogP contribution in [0.3, 0.4) is 0 Å². The number of amides is 2. The lowest BCUT2D eigenvalue weighted by Gasteiger charge is -2.30. The van der Waals surface area contributed by atoms with Gasteiger partial charge in [0.25, 0.3) is 0 Å². The molecule has 2 amide bonds. The van der Waals surface area contributed by atoms with Crippen molar-refractivity contribution in [2.45, 2.75) is 83.3 Å². The Hall–Kier alpha value is -4.20. The van der Waals surface area contributed by atoms with Crippen LogP contribution in [0.2, 0.25) is 20.1 Å². The first kappa shape index (κ1) is 53.2. The lowest BCUT2D eigenvalue weighted by Crippen LogP contribution is -2.38. The van der Waals surface area contributed by atoms with E-state index in [9.17, 15) is 14.7 Å². The van der Waals surface area contributed by atoms with Gasteiger partial charge in [-0.1, -0.05) is 78.5 Å². The summed E-state index contributed by atoms with van der Waals surface area (Å²) in [5, 5.41) is 15.6. The molecule has 2 N–H and O–H groups in total. The van der Waals surface area contributed by atoms with E-state index in [0.29, 0.717) is 79.7 Å². The molecule has 0 radical (unpaired) electrons. The third kappa shape index (κ3) is 13.0. The molecule has 0 saturated carbocycles. The number of carbonyl (C=O) groups is 2. The zero-order chi connectivity index (χ0) is 49.2. The van der Waals surface area contributed by atoms with E-state index < -0.39 is 17.1 Å². The van der Waals surface area contributed by atoms with Crippen LogP contribution in [0.5, 0.6) is 23.0 Å². The van der Waals surface area contributed by atoms with Crippen LogP contribution in [-0.4, -0.2) is 99.7 Å². The Labute approximate surface area is 422 Å². The highest BCUT2D eigenvalue weighted by Gasteiger charge is 2.50. The summed E-state index contributed by atoms with van der Waals surface area (Å²) in [5.74, 6) is 3.56. The number of likely N-dealkylation sites (tertiary alicyclic amines) is 2. The number of carbonyl (C=O) groups excluding carboxylic acids is 2. The number of nitrogens with one attached hydrogen (secondary N) is 1. The molecule has 3 fully saturated rings. The number of anilines is 2. The number of halogens is 4. The molecule has 3 heterocycles. The van der Waals surface area contributed by atoms with E-state index >= 15 is 0 Å². The van der Waals surface area contributed by atoms with Crippen molar-refractivity contribution >= 4 is 69.6 Å². The molecule has 4 aromatic carbocycles. The minimum atomic E-state index is -0.983. The molecule has 3 aliphatic heterocycles. The molecule has 3 unspecified atom stereocenters. The summed E-state index contributed by atoms with van der Waals surface area (Å²) >= 11 is 24.6. The lowest BCUT2D eigenvalue weighted by molar-refractivity contribution is -0.122. The largest absolute Gasteiger partial charge is 0.493 e. The zero-order valence-corrected chi connectivity index (χ0v) is 43.1. The van der Waals surface area contributed by atoms with E-state index in [1.165, 1.54) is 30.6 Å². The van der Waals surface area contributed by atoms with E-state index in [-0.39, 0.29) is 18.2 Å². The third-order valence-electron chi connectivity index (χ3n) is 13.7. The number of ether oxygens (including phenoxy) is 4. The Morgan fingerprint density at radius 3 is 1.82 bits per heavy atom. The maximum absolute atomic E-state index is 13.6. The fraction of sp³-hybridized carbons (Fsp3) is 0.472. The summed E-state index contributed by atoms with van der Waals surface area (Å²) in [6.07, 6.45) is 6.30. The Bertz CT molecular complexity index is 2370. The SMILES string of the molecule is C=CCC(C)(C(=O)Nc1ccc(OC)c(OCCN2CCC(C)CC2)c1)c1ccc(Cl)c(Cl)c1.COc1ccc(N2C(=O)C(C)(c3ccc(Cl)c(Cl)c3)CC2O)cc1OCCN1CCC(C)CC1.